The van der Waals surface area contributed by atoms with Gasteiger partial charge in [-0.2, -0.15) is 0 Å². The Morgan fingerprint density at radius 2 is 2.00 bits per heavy atom. The number of fused-ring (bicyclic) bond motifs is 2. The molecule has 160 valence electrons. The molecule has 4 aromatic rings. The van der Waals surface area contributed by atoms with E-state index in [0.717, 1.165) is 35.5 Å². The van der Waals surface area contributed by atoms with Crippen molar-refractivity contribution in [2.45, 2.75) is 25.3 Å². The van der Waals surface area contributed by atoms with Crippen molar-refractivity contribution in [3.05, 3.63) is 65.6 Å². The molecule has 0 spiro atoms. The molecular weight excluding hydrogens is 395 g/mol. The molecule has 1 aromatic carbocycles. The summed E-state index contributed by atoms with van der Waals surface area (Å²) >= 11 is 0. The van der Waals surface area contributed by atoms with Gasteiger partial charge in [-0.3, -0.25) is 4.79 Å². The zero-order valence-corrected chi connectivity index (χ0v) is 17.7. The fourth-order valence-electron chi connectivity index (χ4n) is 4.37. The summed E-state index contributed by atoms with van der Waals surface area (Å²) in [5, 5.41) is 0. The van der Waals surface area contributed by atoms with E-state index in [2.05, 4.69) is 15.0 Å². The van der Waals surface area contributed by atoms with E-state index in [1.165, 1.54) is 12.1 Å². The molecule has 0 saturated carbocycles. The van der Waals surface area contributed by atoms with E-state index in [1.54, 1.807) is 6.07 Å². The molecule has 3 aromatic heterocycles. The molecule has 8 heteroatoms. The van der Waals surface area contributed by atoms with Crippen LogP contribution in [0.3, 0.4) is 0 Å². The van der Waals surface area contributed by atoms with Gasteiger partial charge in [0.1, 0.15) is 17.3 Å². The molecule has 31 heavy (non-hydrogen) atoms. The molecule has 1 N–H and O–H groups in total. The molecule has 0 aliphatic carbocycles. The third-order valence-electron chi connectivity index (χ3n) is 5.93. The molecule has 0 atom stereocenters. The van der Waals surface area contributed by atoms with Crippen molar-refractivity contribution in [1.29, 1.82) is 0 Å². The minimum absolute atomic E-state index is 0.0225. The summed E-state index contributed by atoms with van der Waals surface area (Å²) in [5.74, 6) is 0.797. The van der Waals surface area contributed by atoms with Crippen LogP contribution in [0.5, 0.6) is 0 Å². The number of piperidine rings is 1. The van der Waals surface area contributed by atoms with Gasteiger partial charge in [-0.1, -0.05) is 6.07 Å². The molecule has 4 heterocycles. The quantitative estimate of drug-likeness (QED) is 0.549. The Morgan fingerprint density at radius 3 is 2.77 bits per heavy atom. The molecule has 1 aliphatic heterocycles. The first kappa shape index (κ1) is 19.7. The van der Waals surface area contributed by atoms with Crippen molar-refractivity contribution >= 4 is 22.6 Å². The minimum atomic E-state index is -0.274. The predicted octanol–water partition coefficient (Wildman–Crippen LogP) is 3.43. The number of H-pyrrole nitrogens is 1. The lowest BCUT2D eigenvalue weighted by molar-refractivity contribution is 0.0704. The Hall–Kier alpha value is -3.26. The lowest BCUT2D eigenvalue weighted by atomic mass is 9.96. The first-order chi connectivity index (χ1) is 15.0. The van der Waals surface area contributed by atoms with E-state index in [4.69, 9.17) is 0 Å². The van der Waals surface area contributed by atoms with Gasteiger partial charge in [0, 0.05) is 31.7 Å². The smallest absolute Gasteiger partial charge is 0.274 e. The number of carbonyl (C=O) groups is 1. The summed E-state index contributed by atoms with van der Waals surface area (Å²) in [6, 6.07) is 10.4. The molecule has 1 amide bonds. The van der Waals surface area contributed by atoms with Crippen LogP contribution < -0.4 is 0 Å². The van der Waals surface area contributed by atoms with Crippen molar-refractivity contribution in [3.8, 4) is 0 Å². The van der Waals surface area contributed by atoms with Gasteiger partial charge in [0.2, 0.25) is 0 Å². The summed E-state index contributed by atoms with van der Waals surface area (Å²) in [4.78, 5) is 29.8. The number of halogens is 1. The van der Waals surface area contributed by atoms with Crippen LogP contribution in [0.25, 0.3) is 16.7 Å². The van der Waals surface area contributed by atoms with E-state index >= 15 is 0 Å². The van der Waals surface area contributed by atoms with Crippen molar-refractivity contribution < 1.29 is 9.18 Å². The van der Waals surface area contributed by atoms with Crippen molar-refractivity contribution in [3.63, 3.8) is 0 Å². The molecule has 5 rings (SSSR count). The number of carbonyl (C=O) groups excluding carboxylic acids is 1. The number of aromatic amines is 1. The minimum Gasteiger partial charge on any atom is -0.342 e. The van der Waals surface area contributed by atoms with Gasteiger partial charge in [-0.15, -0.1) is 0 Å². The lowest BCUT2D eigenvalue weighted by Crippen LogP contribution is -2.39. The Balaban J connectivity index is 1.35. The average molecular weight is 420 g/mol. The number of rotatable bonds is 4. The molecule has 1 saturated heterocycles. The van der Waals surface area contributed by atoms with Gasteiger partial charge in [0.05, 0.1) is 16.7 Å². The first-order valence-corrected chi connectivity index (χ1v) is 10.5. The number of pyridine rings is 1. The maximum absolute atomic E-state index is 13.5. The second-order valence-electron chi connectivity index (χ2n) is 8.42. The topological polar surface area (TPSA) is 69.5 Å². The second-order valence-corrected chi connectivity index (χ2v) is 8.42. The molecule has 1 aliphatic rings. The number of amides is 1. The molecule has 7 nitrogen and oxygen atoms in total. The van der Waals surface area contributed by atoms with Gasteiger partial charge in [-0.25, -0.2) is 14.4 Å². The third kappa shape index (κ3) is 3.67. The average Bonchev–Trinajstić information content (AvgIpc) is 3.34. The van der Waals surface area contributed by atoms with E-state index in [1.807, 2.05) is 52.7 Å². The van der Waals surface area contributed by atoms with E-state index in [9.17, 15) is 9.18 Å². The van der Waals surface area contributed by atoms with Gasteiger partial charge in [-0.05, 0) is 57.3 Å². The number of hydrogen-bond acceptors (Lipinski definition) is 4. The fourth-order valence-corrected chi connectivity index (χ4v) is 4.37. The number of nitrogens with zero attached hydrogens (tertiary/aromatic N) is 5. The standard InChI is InChI=1S/C23H25FN6O/c1-28(2)14-19-21(27-20-5-3-4-10-30(19)20)23(31)29-11-8-15(9-12-29)22-25-17-7-6-16(24)13-18(17)26-22/h3-7,10,13,15H,8-9,11-12,14H2,1-2H3,(H,25,26). The number of nitrogens with one attached hydrogen (secondary N) is 1. The van der Waals surface area contributed by atoms with Crippen molar-refractivity contribution in [2.75, 3.05) is 27.2 Å². The Bertz CT molecular complexity index is 1250. The van der Waals surface area contributed by atoms with E-state index < -0.39 is 0 Å². The number of imidazole rings is 2. The predicted molar refractivity (Wildman–Crippen MR) is 117 cm³/mol. The maximum atomic E-state index is 13.5. The van der Waals surface area contributed by atoms with Gasteiger partial charge in [0.15, 0.2) is 5.69 Å². The van der Waals surface area contributed by atoms with Crippen molar-refractivity contribution in [1.82, 2.24) is 29.2 Å². The van der Waals surface area contributed by atoms with Crippen LogP contribution in [-0.4, -0.2) is 62.2 Å². The molecule has 0 unspecified atom stereocenters. The second kappa shape index (κ2) is 7.77. The zero-order valence-electron chi connectivity index (χ0n) is 17.7. The van der Waals surface area contributed by atoms with Gasteiger partial charge in [0.25, 0.3) is 5.91 Å². The summed E-state index contributed by atoms with van der Waals surface area (Å²) < 4.78 is 15.5. The summed E-state index contributed by atoms with van der Waals surface area (Å²) in [6.45, 7) is 1.92. The van der Waals surface area contributed by atoms with Crippen LogP contribution in [0.1, 0.15) is 40.8 Å². The maximum Gasteiger partial charge on any atom is 0.274 e. The normalized spacial score (nSPS) is 15.4. The Morgan fingerprint density at radius 1 is 1.19 bits per heavy atom. The highest BCUT2D eigenvalue weighted by Crippen LogP contribution is 2.29. The monoisotopic (exact) mass is 420 g/mol. The van der Waals surface area contributed by atoms with Crippen molar-refractivity contribution in [2.24, 2.45) is 0 Å². The number of likely N-dealkylation sites (tertiary alicyclic amines) is 1. The third-order valence-corrected chi connectivity index (χ3v) is 5.93. The van der Waals surface area contributed by atoms with E-state index in [-0.39, 0.29) is 17.6 Å². The van der Waals surface area contributed by atoms with Crippen LogP contribution in [0.15, 0.2) is 42.6 Å². The molecule has 0 radical (unpaired) electrons. The summed E-state index contributed by atoms with van der Waals surface area (Å²) in [7, 11) is 3.97. The molecular formula is C23H25FN6O. The Labute approximate surface area is 179 Å². The highest BCUT2D eigenvalue weighted by molar-refractivity contribution is 5.94. The zero-order chi connectivity index (χ0) is 21.5. The highest BCUT2D eigenvalue weighted by Gasteiger charge is 2.29. The largest absolute Gasteiger partial charge is 0.342 e. The number of benzene rings is 1. The van der Waals surface area contributed by atoms with E-state index in [0.29, 0.717) is 30.8 Å². The van der Waals surface area contributed by atoms with Crippen LogP contribution in [0, 0.1) is 5.82 Å². The fraction of sp³-hybridized carbons (Fsp3) is 0.348. The summed E-state index contributed by atoms with van der Waals surface area (Å²) in [5.41, 5.74) is 3.70. The van der Waals surface area contributed by atoms with Crippen LogP contribution in [-0.2, 0) is 6.54 Å². The van der Waals surface area contributed by atoms with Gasteiger partial charge >= 0.3 is 0 Å². The van der Waals surface area contributed by atoms with Crippen LogP contribution in [0.2, 0.25) is 0 Å². The van der Waals surface area contributed by atoms with Crippen LogP contribution in [0.4, 0.5) is 4.39 Å². The lowest BCUT2D eigenvalue weighted by Gasteiger charge is -2.31. The Kier molecular flexibility index (Phi) is 4.94. The number of hydrogen-bond donors (Lipinski definition) is 1. The van der Waals surface area contributed by atoms with Gasteiger partial charge < -0.3 is 19.2 Å². The number of aromatic nitrogens is 4. The molecule has 1 fully saturated rings. The highest BCUT2D eigenvalue weighted by atomic mass is 19.1. The first-order valence-electron chi connectivity index (χ1n) is 10.5. The molecule has 0 bridgehead atoms. The SMILES string of the molecule is CN(C)Cc1c(C(=O)N2CCC(c3nc4ccc(F)cc4[nH]3)CC2)nc2ccccn12. The van der Waals surface area contributed by atoms with Crippen LogP contribution >= 0.6 is 0 Å². The summed E-state index contributed by atoms with van der Waals surface area (Å²) in [6.07, 6.45) is 3.57.